The van der Waals surface area contributed by atoms with E-state index >= 15 is 0 Å². The molecular weight excluding hydrogens is 372 g/mol. The number of nitrogens with zero attached hydrogens (tertiary/aromatic N) is 6. The van der Waals surface area contributed by atoms with Gasteiger partial charge < -0.3 is 9.80 Å². The first-order chi connectivity index (χ1) is 14.5. The van der Waals surface area contributed by atoms with Crippen molar-refractivity contribution in [2.24, 2.45) is 10.2 Å². The Kier molecular flexibility index (Phi) is 7.01. The summed E-state index contributed by atoms with van der Waals surface area (Å²) in [5.41, 5.74) is 4.47. The summed E-state index contributed by atoms with van der Waals surface area (Å²) >= 11 is 0. The smallest absolute Gasteiger partial charge is 0.307 e. The average Bonchev–Trinajstić information content (AvgIpc) is 3.13. The lowest BCUT2D eigenvalue weighted by Crippen LogP contribution is -2.31. The summed E-state index contributed by atoms with van der Waals surface area (Å²) in [4.78, 5) is 4.17. The van der Waals surface area contributed by atoms with Crippen LogP contribution in [-0.2, 0) is 6.42 Å². The second kappa shape index (κ2) is 9.87. The van der Waals surface area contributed by atoms with E-state index in [0.29, 0.717) is 0 Å². The summed E-state index contributed by atoms with van der Waals surface area (Å²) in [6, 6.07) is 16.7. The molecule has 6 nitrogen and oxygen atoms in total. The van der Waals surface area contributed by atoms with E-state index in [1.165, 1.54) is 11.4 Å². The number of hydrogen-bond acceptors (Lipinski definition) is 4. The van der Waals surface area contributed by atoms with Gasteiger partial charge in [-0.2, -0.15) is 0 Å². The molecule has 0 bridgehead atoms. The van der Waals surface area contributed by atoms with Crippen molar-refractivity contribution in [3.8, 4) is 0 Å². The first kappa shape index (κ1) is 21.3. The van der Waals surface area contributed by atoms with Gasteiger partial charge in [-0.1, -0.05) is 41.4 Å². The highest BCUT2D eigenvalue weighted by Crippen LogP contribution is 2.12. The average molecular weight is 404 g/mol. The van der Waals surface area contributed by atoms with Crippen LogP contribution in [0.25, 0.3) is 0 Å². The molecule has 3 aromatic rings. The molecule has 0 radical (unpaired) electrons. The standard InChI is InChI=1S/C24H31N6/c1-6-7-24-29(25-18-20-8-12-22(13-9-20)27(2)3)16-17-30(24)26-19-21-10-14-23(15-11-21)28(4)5/h8-19H,6-7H2,1-5H3/q+1/b25-18+,26-19+. The number of hydrogen-bond donors (Lipinski definition) is 0. The van der Waals surface area contributed by atoms with Crippen molar-refractivity contribution in [1.82, 2.24) is 4.68 Å². The highest BCUT2D eigenvalue weighted by Gasteiger charge is 2.15. The molecule has 0 saturated carbocycles. The van der Waals surface area contributed by atoms with E-state index in [1.807, 2.05) is 62.4 Å². The van der Waals surface area contributed by atoms with Crippen LogP contribution in [0, 0.1) is 0 Å². The van der Waals surface area contributed by atoms with Crippen LogP contribution >= 0.6 is 0 Å². The maximum atomic E-state index is 4.65. The molecule has 0 saturated heterocycles. The molecule has 0 aliphatic heterocycles. The molecule has 30 heavy (non-hydrogen) atoms. The third kappa shape index (κ3) is 5.35. The molecule has 0 unspecified atom stereocenters. The summed E-state index contributed by atoms with van der Waals surface area (Å²) in [7, 11) is 8.15. The summed E-state index contributed by atoms with van der Waals surface area (Å²) in [5, 5.41) is 9.31. The molecule has 3 rings (SSSR count). The Balaban J connectivity index is 1.78. The Morgan fingerprint density at radius 1 is 0.833 bits per heavy atom. The molecule has 0 N–H and O–H groups in total. The minimum atomic E-state index is 0.890. The van der Waals surface area contributed by atoms with Crippen molar-refractivity contribution >= 4 is 23.8 Å². The normalized spacial score (nSPS) is 11.5. The minimum Gasteiger partial charge on any atom is -0.378 e. The van der Waals surface area contributed by atoms with E-state index in [0.717, 1.165) is 29.8 Å². The predicted molar refractivity (Wildman–Crippen MR) is 126 cm³/mol. The van der Waals surface area contributed by atoms with Gasteiger partial charge in [-0.25, -0.2) is 0 Å². The SMILES string of the molecule is CCCc1n(/N=C/c2ccc(N(C)C)cc2)cc[n+]1/N=C/c1ccc(N(C)C)cc1. The second-order valence-electron chi connectivity index (χ2n) is 7.61. The van der Waals surface area contributed by atoms with Crippen molar-refractivity contribution in [2.75, 3.05) is 38.0 Å². The van der Waals surface area contributed by atoms with Crippen LogP contribution in [0.4, 0.5) is 11.4 Å². The highest BCUT2D eigenvalue weighted by atomic mass is 15.5. The molecule has 6 heteroatoms. The molecule has 1 aromatic heterocycles. The van der Waals surface area contributed by atoms with Crippen molar-refractivity contribution in [3.05, 3.63) is 77.9 Å². The fourth-order valence-electron chi connectivity index (χ4n) is 3.04. The largest absolute Gasteiger partial charge is 0.378 e. The molecular formula is C24H31N6+. The number of anilines is 2. The molecule has 0 spiro atoms. The van der Waals surface area contributed by atoms with Gasteiger partial charge in [-0.15, -0.1) is 9.35 Å². The first-order valence-electron chi connectivity index (χ1n) is 10.2. The second-order valence-corrected chi connectivity index (χ2v) is 7.61. The van der Waals surface area contributed by atoms with Gasteiger partial charge in [0.05, 0.1) is 18.9 Å². The number of imidazole rings is 1. The molecule has 156 valence electrons. The Labute approximate surface area is 179 Å². The van der Waals surface area contributed by atoms with Crippen molar-refractivity contribution in [3.63, 3.8) is 0 Å². The molecule has 1 heterocycles. The van der Waals surface area contributed by atoms with Crippen molar-refractivity contribution < 1.29 is 4.68 Å². The zero-order valence-corrected chi connectivity index (χ0v) is 18.5. The van der Waals surface area contributed by atoms with E-state index in [4.69, 9.17) is 0 Å². The lowest BCUT2D eigenvalue weighted by atomic mass is 10.2. The first-order valence-corrected chi connectivity index (χ1v) is 10.2. The van der Waals surface area contributed by atoms with Gasteiger partial charge in [0.1, 0.15) is 0 Å². The fraction of sp³-hybridized carbons (Fsp3) is 0.292. The minimum absolute atomic E-state index is 0.890. The van der Waals surface area contributed by atoms with Crippen LogP contribution in [0.15, 0.2) is 71.1 Å². The summed E-state index contributed by atoms with van der Waals surface area (Å²) in [6.45, 7) is 2.16. The Hall–Kier alpha value is -3.41. The van der Waals surface area contributed by atoms with Gasteiger partial charge in [0.2, 0.25) is 0 Å². The highest BCUT2D eigenvalue weighted by molar-refractivity contribution is 5.80. The Morgan fingerprint density at radius 3 is 1.87 bits per heavy atom. The fourth-order valence-corrected chi connectivity index (χ4v) is 3.04. The molecule has 0 aliphatic carbocycles. The zero-order chi connectivity index (χ0) is 21.5. The van der Waals surface area contributed by atoms with Crippen molar-refractivity contribution in [2.45, 2.75) is 19.8 Å². The van der Waals surface area contributed by atoms with Gasteiger partial charge in [-0.05, 0) is 41.8 Å². The lowest BCUT2D eigenvalue weighted by molar-refractivity contribution is -0.685. The van der Waals surface area contributed by atoms with E-state index in [-0.39, 0.29) is 0 Å². The maximum Gasteiger partial charge on any atom is 0.307 e. The number of aromatic nitrogens is 2. The quantitative estimate of drug-likeness (QED) is 0.426. The van der Waals surface area contributed by atoms with E-state index in [2.05, 4.69) is 75.5 Å². The number of rotatable bonds is 8. The van der Waals surface area contributed by atoms with Gasteiger partial charge in [0.15, 0.2) is 12.4 Å². The molecule has 0 atom stereocenters. The van der Waals surface area contributed by atoms with Crippen molar-refractivity contribution in [1.29, 1.82) is 0 Å². The summed E-state index contributed by atoms with van der Waals surface area (Å²) in [5.74, 6) is 1.04. The molecule has 2 aromatic carbocycles. The number of benzene rings is 2. The third-order valence-electron chi connectivity index (χ3n) is 4.83. The molecule has 0 amide bonds. The van der Waals surface area contributed by atoms with E-state index < -0.39 is 0 Å². The lowest BCUT2D eigenvalue weighted by Gasteiger charge is -2.11. The zero-order valence-electron chi connectivity index (χ0n) is 18.5. The van der Waals surface area contributed by atoms with Gasteiger partial charge in [0.25, 0.3) is 0 Å². The Bertz CT molecular complexity index is 916. The van der Waals surface area contributed by atoms with Crippen LogP contribution in [0.5, 0.6) is 0 Å². The predicted octanol–water partition coefficient (Wildman–Crippen LogP) is 3.62. The van der Waals surface area contributed by atoms with Gasteiger partial charge in [0, 0.05) is 39.6 Å². The third-order valence-corrected chi connectivity index (χ3v) is 4.83. The monoisotopic (exact) mass is 403 g/mol. The topological polar surface area (TPSA) is 40.0 Å². The van der Waals surface area contributed by atoms with E-state index in [9.17, 15) is 0 Å². The summed E-state index contributed by atoms with van der Waals surface area (Å²) in [6.07, 6.45) is 9.56. The van der Waals surface area contributed by atoms with Gasteiger partial charge >= 0.3 is 5.82 Å². The Morgan fingerprint density at radius 2 is 1.37 bits per heavy atom. The van der Waals surface area contributed by atoms with Gasteiger partial charge in [-0.3, -0.25) is 0 Å². The van der Waals surface area contributed by atoms with Crippen LogP contribution in [0.2, 0.25) is 0 Å². The maximum absolute atomic E-state index is 4.65. The van der Waals surface area contributed by atoms with E-state index in [1.54, 1.807) is 0 Å². The van der Waals surface area contributed by atoms with Crippen LogP contribution in [0.1, 0.15) is 30.3 Å². The summed E-state index contributed by atoms with van der Waals surface area (Å²) < 4.78 is 3.80. The van der Waals surface area contributed by atoms with Crippen LogP contribution < -0.4 is 14.5 Å². The van der Waals surface area contributed by atoms with Crippen LogP contribution in [0.3, 0.4) is 0 Å². The molecule has 0 fully saturated rings. The molecule has 0 aliphatic rings. The van der Waals surface area contributed by atoms with Crippen LogP contribution in [-0.4, -0.2) is 45.3 Å².